The zero-order chi connectivity index (χ0) is 14.2. The Morgan fingerprint density at radius 2 is 2.00 bits per heavy atom. The van der Waals surface area contributed by atoms with Gasteiger partial charge in [-0.15, -0.1) is 0 Å². The van der Waals surface area contributed by atoms with Gasteiger partial charge in [0.2, 0.25) is 5.13 Å². The van der Waals surface area contributed by atoms with Crippen molar-refractivity contribution in [2.75, 3.05) is 18.4 Å². The molecule has 0 radical (unpaired) electrons. The van der Waals surface area contributed by atoms with E-state index in [0.717, 1.165) is 29.1 Å². The lowest BCUT2D eigenvalue weighted by molar-refractivity contribution is 0.317. The molecule has 2 fully saturated rings. The van der Waals surface area contributed by atoms with Gasteiger partial charge in [-0.3, -0.25) is 4.90 Å². The Bertz CT molecular complexity index is 608. The van der Waals surface area contributed by atoms with Gasteiger partial charge in [0.05, 0.1) is 0 Å². The summed E-state index contributed by atoms with van der Waals surface area (Å²) < 4.78 is 4.47. The molecule has 1 aliphatic heterocycles. The molecular formula is C16H20N4S. The van der Waals surface area contributed by atoms with Crippen molar-refractivity contribution in [2.45, 2.75) is 31.8 Å². The van der Waals surface area contributed by atoms with Crippen molar-refractivity contribution in [3.8, 4) is 11.4 Å². The third-order valence-corrected chi connectivity index (χ3v) is 5.12. The molecule has 2 unspecified atom stereocenters. The molecule has 2 heterocycles. The molecule has 1 saturated heterocycles. The summed E-state index contributed by atoms with van der Waals surface area (Å²) in [5.41, 5.74) is 1.08. The minimum absolute atomic E-state index is 0.502. The Balaban J connectivity index is 1.44. The molecular weight excluding hydrogens is 280 g/mol. The normalized spacial score (nSPS) is 26.1. The molecule has 2 atom stereocenters. The molecule has 0 spiro atoms. The van der Waals surface area contributed by atoms with Gasteiger partial charge in [-0.2, -0.15) is 9.36 Å². The zero-order valence-electron chi connectivity index (χ0n) is 12.2. The number of likely N-dealkylation sites (tertiary alicyclic amines) is 1. The predicted octanol–water partition coefficient (Wildman–Crippen LogP) is 3.10. The molecule has 2 aromatic rings. The topological polar surface area (TPSA) is 41.0 Å². The van der Waals surface area contributed by atoms with E-state index in [1.54, 1.807) is 0 Å². The second-order valence-corrected chi connectivity index (χ2v) is 6.95. The lowest BCUT2D eigenvalue weighted by Gasteiger charge is -2.15. The number of nitrogens with zero attached hydrogens (tertiary/aromatic N) is 3. The number of hydrogen-bond acceptors (Lipinski definition) is 5. The van der Waals surface area contributed by atoms with E-state index in [0.29, 0.717) is 12.0 Å². The van der Waals surface area contributed by atoms with Gasteiger partial charge in [-0.05, 0) is 18.8 Å². The van der Waals surface area contributed by atoms with Gasteiger partial charge < -0.3 is 5.32 Å². The fourth-order valence-corrected chi connectivity index (χ4v) is 3.73. The average molecular weight is 300 g/mol. The van der Waals surface area contributed by atoms with Crippen molar-refractivity contribution in [3.05, 3.63) is 30.3 Å². The first-order valence-corrected chi connectivity index (χ1v) is 8.46. The molecule has 4 nitrogen and oxygen atoms in total. The summed E-state index contributed by atoms with van der Waals surface area (Å²) >= 11 is 1.47. The van der Waals surface area contributed by atoms with Gasteiger partial charge in [0.1, 0.15) is 0 Å². The maximum atomic E-state index is 4.64. The molecule has 1 aromatic carbocycles. The van der Waals surface area contributed by atoms with Crippen LogP contribution in [0.5, 0.6) is 0 Å². The quantitative estimate of drug-likeness (QED) is 0.942. The number of hydrogen-bond donors (Lipinski definition) is 1. The third-order valence-electron chi connectivity index (χ3n) is 4.47. The SMILES string of the molecule is CC1CN(C2CC2)CC1Nc1nc(-c2ccccc2)ns1. The summed E-state index contributed by atoms with van der Waals surface area (Å²) in [6, 6.07) is 11.5. The largest absolute Gasteiger partial charge is 0.356 e. The zero-order valence-corrected chi connectivity index (χ0v) is 13.0. The molecule has 21 heavy (non-hydrogen) atoms. The maximum Gasteiger partial charge on any atom is 0.203 e. The van der Waals surface area contributed by atoms with E-state index < -0.39 is 0 Å². The number of aromatic nitrogens is 2. The minimum atomic E-state index is 0.502. The molecule has 1 aromatic heterocycles. The maximum absolute atomic E-state index is 4.64. The van der Waals surface area contributed by atoms with Gasteiger partial charge in [-0.25, -0.2) is 0 Å². The van der Waals surface area contributed by atoms with Crippen LogP contribution >= 0.6 is 11.5 Å². The van der Waals surface area contributed by atoms with Crippen LogP contribution in [0.1, 0.15) is 19.8 Å². The second-order valence-electron chi connectivity index (χ2n) is 6.20. The number of nitrogens with one attached hydrogen (secondary N) is 1. The average Bonchev–Trinajstić information content (AvgIpc) is 3.15. The van der Waals surface area contributed by atoms with Crippen LogP contribution in [0.15, 0.2) is 30.3 Å². The van der Waals surface area contributed by atoms with Gasteiger partial charge in [0.15, 0.2) is 5.82 Å². The van der Waals surface area contributed by atoms with Crippen molar-refractivity contribution >= 4 is 16.7 Å². The monoisotopic (exact) mass is 300 g/mol. The van der Waals surface area contributed by atoms with Crippen LogP contribution in [0, 0.1) is 5.92 Å². The van der Waals surface area contributed by atoms with E-state index in [-0.39, 0.29) is 0 Å². The Morgan fingerprint density at radius 1 is 1.19 bits per heavy atom. The third kappa shape index (κ3) is 2.80. The molecule has 4 rings (SSSR count). The summed E-state index contributed by atoms with van der Waals surface area (Å²) in [5, 5.41) is 4.54. The Hall–Kier alpha value is -1.46. The standard InChI is InChI=1S/C16H20N4S/c1-11-9-20(13-7-8-13)10-14(11)17-16-18-15(19-21-16)12-5-3-2-4-6-12/h2-6,11,13-14H,7-10H2,1H3,(H,17,18,19). The molecule has 1 aliphatic carbocycles. The molecule has 1 saturated carbocycles. The van der Waals surface area contributed by atoms with Crippen LogP contribution in [0.4, 0.5) is 5.13 Å². The van der Waals surface area contributed by atoms with Crippen LogP contribution < -0.4 is 5.32 Å². The predicted molar refractivity (Wildman–Crippen MR) is 86.5 cm³/mol. The first-order valence-electron chi connectivity index (χ1n) is 7.69. The highest BCUT2D eigenvalue weighted by Crippen LogP contribution is 2.33. The van der Waals surface area contributed by atoms with E-state index in [4.69, 9.17) is 0 Å². The van der Waals surface area contributed by atoms with Crippen molar-refractivity contribution < 1.29 is 0 Å². The highest BCUT2D eigenvalue weighted by molar-refractivity contribution is 7.09. The van der Waals surface area contributed by atoms with E-state index >= 15 is 0 Å². The smallest absolute Gasteiger partial charge is 0.203 e. The van der Waals surface area contributed by atoms with E-state index in [2.05, 4.69) is 38.6 Å². The molecule has 2 aliphatic rings. The Labute approximate surface area is 129 Å². The molecule has 110 valence electrons. The minimum Gasteiger partial charge on any atom is -0.356 e. The fourth-order valence-electron chi connectivity index (χ4n) is 3.08. The summed E-state index contributed by atoms with van der Waals surface area (Å²) in [6.07, 6.45) is 2.77. The van der Waals surface area contributed by atoms with Crippen LogP contribution in [-0.4, -0.2) is 39.4 Å². The van der Waals surface area contributed by atoms with Crippen molar-refractivity contribution in [2.24, 2.45) is 5.92 Å². The Morgan fingerprint density at radius 3 is 2.76 bits per heavy atom. The highest BCUT2D eigenvalue weighted by Gasteiger charge is 2.38. The van der Waals surface area contributed by atoms with Gasteiger partial charge >= 0.3 is 0 Å². The number of anilines is 1. The van der Waals surface area contributed by atoms with Gasteiger partial charge in [0, 0.05) is 42.3 Å². The second kappa shape index (κ2) is 5.39. The van der Waals surface area contributed by atoms with E-state index in [9.17, 15) is 0 Å². The summed E-state index contributed by atoms with van der Waals surface area (Å²) in [4.78, 5) is 7.27. The Kier molecular flexibility index (Phi) is 3.39. The lowest BCUT2D eigenvalue weighted by atomic mass is 10.1. The van der Waals surface area contributed by atoms with Crippen molar-refractivity contribution in [1.29, 1.82) is 0 Å². The van der Waals surface area contributed by atoms with Crippen molar-refractivity contribution in [3.63, 3.8) is 0 Å². The fraction of sp³-hybridized carbons (Fsp3) is 0.500. The van der Waals surface area contributed by atoms with Crippen LogP contribution in [0.25, 0.3) is 11.4 Å². The molecule has 0 amide bonds. The first-order chi connectivity index (χ1) is 10.3. The van der Waals surface area contributed by atoms with Gasteiger partial charge in [-0.1, -0.05) is 37.3 Å². The lowest BCUT2D eigenvalue weighted by Crippen LogP contribution is -2.28. The van der Waals surface area contributed by atoms with Crippen molar-refractivity contribution in [1.82, 2.24) is 14.3 Å². The summed E-state index contributed by atoms with van der Waals surface area (Å²) in [7, 11) is 0. The first kappa shape index (κ1) is 13.2. The van der Waals surface area contributed by atoms with Crippen LogP contribution in [0.3, 0.4) is 0 Å². The van der Waals surface area contributed by atoms with Crippen LogP contribution in [-0.2, 0) is 0 Å². The van der Waals surface area contributed by atoms with Gasteiger partial charge in [0.25, 0.3) is 0 Å². The molecule has 1 N–H and O–H groups in total. The molecule has 0 bridgehead atoms. The van der Waals surface area contributed by atoms with Crippen LogP contribution in [0.2, 0.25) is 0 Å². The highest BCUT2D eigenvalue weighted by atomic mass is 32.1. The van der Waals surface area contributed by atoms with E-state index in [1.165, 1.54) is 30.9 Å². The number of benzene rings is 1. The summed E-state index contributed by atoms with van der Waals surface area (Å²) in [5.74, 6) is 1.50. The van der Waals surface area contributed by atoms with E-state index in [1.807, 2.05) is 18.2 Å². The molecule has 5 heteroatoms. The number of rotatable bonds is 4. The summed E-state index contributed by atoms with van der Waals surface area (Å²) in [6.45, 7) is 4.69.